The molecule has 0 radical (unpaired) electrons. The van der Waals surface area contributed by atoms with E-state index in [4.69, 9.17) is 0 Å². The number of piperazine rings is 1. The minimum atomic E-state index is -3.23. The lowest BCUT2D eigenvalue weighted by Crippen LogP contribution is -2.52. The molecule has 1 saturated heterocycles. The number of sulfone groups is 1. The molecular formula is C21H28N4O2S. The molecule has 1 N–H and O–H groups in total. The Morgan fingerprint density at radius 2 is 1.57 bits per heavy atom. The Labute approximate surface area is 167 Å². The van der Waals surface area contributed by atoms with Gasteiger partial charge in [-0.1, -0.05) is 36.4 Å². The Bertz CT molecular complexity index is 862. The Hall–Kier alpha value is -2.54. The Morgan fingerprint density at radius 1 is 0.964 bits per heavy atom. The molecule has 1 heterocycles. The van der Waals surface area contributed by atoms with Crippen LogP contribution in [0.2, 0.25) is 0 Å². The van der Waals surface area contributed by atoms with E-state index in [0.717, 1.165) is 32.1 Å². The predicted octanol–water partition coefficient (Wildman–Crippen LogP) is 2.25. The van der Waals surface area contributed by atoms with Gasteiger partial charge in [0.2, 0.25) is 0 Å². The van der Waals surface area contributed by atoms with E-state index in [0.29, 0.717) is 17.9 Å². The van der Waals surface area contributed by atoms with Crippen molar-refractivity contribution in [3.8, 4) is 0 Å². The van der Waals surface area contributed by atoms with E-state index < -0.39 is 9.84 Å². The third kappa shape index (κ3) is 5.25. The Morgan fingerprint density at radius 3 is 2.18 bits per heavy atom. The van der Waals surface area contributed by atoms with Crippen molar-refractivity contribution in [2.24, 2.45) is 4.99 Å². The first kappa shape index (κ1) is 20.2. The lowest BCUT2D eigenvalue weighted by atomic mass is 10.2. The number of rotatable bonds is 6. The molecule has 1 aliphatic rings. The van der Waals surface area contributed by atoms with E-state index in [9.17, 15) is 8.42 Å². The molecule has 1 aliphatic heterocycles. The Kier molecular flexibility index (Phi) is 6.92. The maximum Gasteiger partial charge on any atom is 0.193 e. The molecule has 0 amide bonds. The van der Waals surface area contributed by atoms with Crippen molar-refractivity contribution in [3.05, 3.63) is 60.7 Å². The summed E-state index contributed by atoms with van der Waals surface area (Å²) in [5, 5.41) is 3.31. The van der Waals surface area contributed by atoms with Crippen LogP contribution in [0.15, 0.2) is 70.6 Å². The number of anilines is 1. The van der Waals surface area contributed by atoms with Gasteiger partial charge in [0.25, 0.3) is 0 Å². The lowest BCUT2D eigenvalue weighted by Gasteiger charge is -2.37. The molecule has 3 rings (SSSR count). The summed E-state index contributed by atoms with van der Waals surface area (Å²) >= 11 is 0. The van der Waals surface area contributed by atoms with Crippen molar-refractivity contribution in [2.45, 2.75) is 11.3 Å². The molecule has 2 aromatic carbocycles. The first-order valence-corrected chi connectivity index (χ1v) is 11.3. The summed E-state index contributed by atoms with van der Waals surface area (Å²) in [5.74, 6) is 0.966. The quantitative estimate of drug-likeness (QED) is 0.458. The molecular weight excluding hydrogens is 372 g/mol. The van der Waals surface area contributed by atoms with Crippen LogP contribution in [0.25, 0.3) is 0 Å². The standard InChI is InChI=1S/C21H28N4O2S/c1-22-21(23-13-8-18-28(26,27)20-11-6-3-7-12-20)25-16-14-24(15-17-25)19-9-4-2-5-10-19/h2-7,9-12H,8,13-18H2,1H3,(H,22,23). The molecule has 0 saturated carbocycles. The van der Waals surface area contributed by atoms with Crippen molar-refractivity contribution < 1.29 is 8.42 Å². The van der Waals surface area contributed by atoms with Gasteiger partial charge in [-0.2, -0.15) is 0 Å². The van der Waals surface area contributed by atoms with Crippen LogP contribution in [0, 0.1) is 0 Å². The first-order chi connectivity index (χ1) is 13.6. The van der Waals surface area contributed by atoms with E-state index in [2.05, 4.69) is 44.4 Å². The summed E-state index contributed by atoms with van der Waals surface area (Å²) in [6, 6.07) is 19.0. The van der Waals surface area contributed by atoms with Crippen molar-refractivity contribution in [2.75, 3.05) is 50.4 Å². The zero-order chi connectivity index (χ0) is 19.8. The van der Waals surface area contributed by atoms with Crippen LogP contribution < -0.4 is 10.2 Å². The van der Waals surface area contributed by atoms with Crippen LogP contribution in [-0.4, -0.2) is 64.8 Å². The number of hydrogen-bond donors (Lipinski definition) is 1. The predicted molar refractivity (Wildman–Crippen MR) is 115 cm³/mol. The summed E-state index contributed by atoms with van der Waals surface area (Å²) in [4.78, 5) is 9.35. The number of benzene rings is 2. The maximum atomic E-state index is 12.3. The number of nitrogens with one attached hydrogen (secondary N) is 1. The monoisotopic (exact) mass is 400 g/mol. The van der Waals surface area contributed by atoms with Gasteiger partial charge in [0, 0.05) is 45.5 Å². The SMILES string of the molecule is CN=C(NCCCS(=O)(=O)c1ccccc1)N1CCN(c2ccccc2)CC1. The van der Waals surface area contributed by atoms with Crippen molar-refractivity contribution in [1.29, 1.82) is 0 Å². The third-order valence-electron chi connectivity index (χ3n) is 4.89. The summed E-state index contributed by atoms with van der Waals surface area (Å²) < 4.78 is 24.7. The molecule has 28 heavy (non-hydrogen) atoms. The smallest absolute Gasteiger partial charge is 0.193 e. The number of aliphatic imine (C=N–C) groups is 1. The van der Waals surface area contributed by atoms with Gasteiger partial charge in [0.1, 0.15) is 0 Å². The van der Waals surface area contributed by atoms with E-state index in [1.54, 1.807) is 31.3 Å². The maximum absolute atomic E-state index is 12.3. The Balaban J connectivity index is 1.44. The van der Waals surface area contributed by atoms with E-state index in [-0.39, 0.29) is 5.75 Å². The van der Waals surface area contributed by atoms with Crippen LogP contribution >= 0.6 is 0 Å². The molecule has 1 fully saturated rings. The van der Waals surface area contributed by atoms with Crippen molar-refractivity contribution in [1.82, 2.24) is 10.2 Å². The van der Waals surface area contributed by atoms with Gasteiger partial charge in [-0.05, 0) is 30.7 Å². The highest BCUT2D eigenvalue weighted by Crippen LogP contribution is 2.15. The highest BCUT2D eigenvalue weighted by Gasteiger charge is 2.20. The second kappa shape index (κ2) is 9.59. The number of guanidine groups is 1. The van der Waals surface area contributed by atoms with Crippen LogP contribution in [0.3, 0.4) is 0 Å². The summed E-state index contributed by atoms with van der Waals surface area (Å²) in [6.07, 6.45) is 0.542. The topological polar surface area (TPSA) is 65.0 Å². The average molecular weight is 401 g/mol. The average Bonchev–Trinajstić information content (AvgIpc) is 2.75. The summed E-state index contributed by atoms with van der Waals surface area (Å²) in [7, 11) is -1.46. The van der Waals surface area contributed by atoms with Gasteiger partial charge in [-0.25, -0.2) is 8.42 Å². The van der Waals surface area contributed by atoms with Gasteiger partial charge >= 0.3 is 0 Å². The molecule has 0 spiro atoms. The molecule has 0 atom stereocenters. The van der Waals surface area contributed by atoms with Gasteiger partial charge < -0.3 is 15.1 Å². The zero-order valence-electron chi connectivity index (χ0n) is 16.3. The number of para-hydroxylation sites is 1. The van der Waals surface area contributed by atoms with Crippen LogP contribution in [0.5, 0.6) is 0 Å². The fraction of sp³-hybridized carbons (Fsp3) is 0.381. The minimum absolute atomic E-state index is 0.128. The van der Waals surface area contributed by atoms with Gasteiger partial charge in [0.05, 0.1) is 10.6 Å². The van der Waals surface area contributed by atoms with Crippen LogP contribution in [-0.2, 0) is 9.84 Å². The third-order valence-corrected chi connectivity index (χ3v) is 6.70. The summed E-state index contributed by atoms with van der Waals surface area (Å²) in [5.41, 5.74) is 1.25. The number of nitrogens with zero attached hydrogens (tertiary/aromatic N) is 3. The molecule has 0 unspecified atom stereocenters. The van der Waals surface area contributed by atoms with Gasteiger partial charge in [-0.3, -0.25) is 4.99 Å². The molecule has 0 aliphatic carbocycles. The molecule has 0 aromatic heterocycles. The first-order valence-electron chi connectivity index (χ1n) is 9.63. The fourth-order valence-corrected chi connectivity index (χ4v) is 4.69. The van der Waals surface area contributed by atoms with Gasteiger partial charge in [0.15, 0.2) is 15.8 Å². The fourth-order valence-electron chi connectivity index (χ4n) is 3.36. The van der Waals surface area contributed by atoms with E-state index >= 15 is 0 Å². The largest absolute Gasteiger partial charge is 0.368 e. The number of hydrogen-bond acceptors (Lipinski definition) is 4. The second-order valence-corrected chi connectivity index (χ2v) is 8.88. The summed E-state index contributed by atoms with van der Waals surface area (Å²) in [6.45, 7) is 4.23. The van der Waals surface area contributed by atoms with Gasteiger partial charge in [-0.15, -0.1) is 0 Å². The van der Waals surface area contributed by atoms with Crippen LogP contribution in [0.1, 0.15) is 6.42 Å². The molecule has 0 bridgehead atoms. The molecule has 150 valence electrons. The lowest BCUT2D eigenvalue weighted by molar-refractivity contribution is 0.373. The van der Waals surface area contributed by atoms with E-state index in [1.807, 2.05) is 12.1 Å². The molecule has 7 heteroatoms. The van der Waals surface area contributed by atoms with Crippen molar-refractivity contribution in [3.63, 3.8) is 0 Å². The van der Waals surface area contributed by atoms with Crippen molar-refractivity contribution >= 4 is 21.5 Å². The normalized spacial score (nSPS) is 15.5. The molecule has 6 nitrogen and oxygen atoms in total. The second-order valence-electron chi connectivity index (χ2n) is 6.77. The highest BCUT2D eigenvalue weighted by atomic mass is 32.2. The minimum Gasteiger partial charge on any atom is -0.368 e. The van der Waals surface area contributed by atoms with E-state index in [1.165, 1.54) is 5.69 Å². The highest BCUT2D eigenvalue weighted by molar-refractivity contribution is 7.91. The molecule has 2 aromatic rings. The zero-order valence-corrected chi connectivity index (χ0v) is 17.1. The van der Waals surface area contributed by atoms with Crippen LogP contribution in [0.4, 0.5) is 5.69 Å².